The summed E-state index contributed by atoms with van der Waals surface area (Å²) >= 11 is 0. The van der Waals surface area contributed by atoms with Gasteiger partial charge in [-0.2, -0.15) is 0 Å². The van der Waals surface area contributed by atoms with E-state index < -0.39 is 11.8 Å². The Morgan fingerprint density at radius 1 is 0.548 bits per heavy atom. The summed E-state index contributed by atoms with van der Waals surface area (Å²) in [6.45, 7) is 0. The van der Waals surface area contributed by atoms with Gasteiger partial charge in [0, 0.05) is 11.1 Å². The number of hydrogen-bond acceptors (Lipinski definition) is 3. The zero-order valence-corrected chi connectivity index (χ0v) is 16.6. The van der Waals surface area contributed by atoms with Gasteiger partial charge in [-0.3, -0.25) is 4.79 Å². The van der Waals surface area contributed by atoms with E-state index in [9.17, 15) is 9.59 Å². The molecule has 0 aromatic heterocycles. The molecular formula is C28H18O3. The fraction of sp³-hybridized carbons (Fsp3) is 0. The molecule has 5 aromatic carbocycles. The summed E-state index contributed by atoms with van der Waals surface area (Å²) in [5.74, 6) is -1.20. The van der Waals surface area contributed by atoms with E-state index in [-0.39, 0.29) is 0 Å². The van der Waals surface area contributed by atoms with Crippen LogP contribution in [0.5, 0.6) is 5.75 Å². The summed E-state index contributed by atoms with van der Waals surface area (Å²) in [7, 11) is 0. The summed E-state index contributed by atoms with van der Waals surface area (Å²) in [5, 5.41) is 4.12. The predicted molar refractivity (Wildman–Crippen MR) is 123 cm³/mol. The van der Waals surface area contributed by atoms with Gasteiger partial charge in [0.15, 0.2) is 0 Å². The number of rotatable bonds is 4. The number of Topliss-reactive ketones (excluding diaryl/α,β-unsaturated/α-hetero) is 1. The minimum absolute atomic E-state index is 0.306. The number of ketones is 1. The van der Waals surface area contributed by atoms with Crippen molar-refractivity contribution in [1.82, 2.24) is 0 Å². The fourth-order valence-electron chi connectivity index (χ4n) is 3.91. The summed E-state index contributed by atoms with van der Waals surface area (Å²) in [6, 6.07) is 34.2. The fourth-order valence-corrected chi connectivity index (χ4v) is 3.91. The summed E-state index contributed by atoms with van der Waals surface area (Å²) < 4.78 is 5.68. The van der Waals surface area contributed by atoms with Crippen molar-refractivity contribution >= 4 is 33.3 Å². The third-order valence-electron chi connectivity index (χ3n) is 5.37. The molecule has 0 amide bonds. The van der Waals surface area contributed by atoms with Gasteiger partial charge in [0.25, 0.3) is 5.78 Å². The average Bonchev–Trinajstić information content (AvgIpc) is 2.83. The lowest BCUT2D eigenvalue weighted by Crippen LogP contribution is -2.20. The first-order chi connectivity index (χ1) is 15.2. The molecule has 31 heavy (non-hydrogen) atoms. The molecule has 5 rings (SSSR count). The van der Waals surface area contributed by atoms with Crippen molar-refractivity contribution in [3.8, 4) is 16.9 Å². The van der Waals surface area contributed by atoms with E-state index in [4.69, 9.17) is 4.74 Å². The largest absolute Gasteiger partial charge is 0.420 e. The maximum Gasteiger partial charge on any atom is 0.385 e. The first-order valence-electron chi connectivity index (χ1n) is 10.0. The first kappa shape index (κ1) is 18.8. The number of benzene rings is 5. The maximum absolute atomic E-state index is 12.7. The van der Waals surface area contributed by atoms with E-state index in [1.54, 1.807) is 36.4 Å². The Kier molecular flexibility index (Phi) is 4.77. The topological polar surface area (TPSA) is 43.4 Å². The predicted octanol–water partition coefficient (Wildman–Crippen LogP) is 6.45. The average molecular weight is 402 g/mol. The van der Waals surface area contributed by atoms with Gasteiger partial charge >= 0.3 is 5.97 Å². The van der Waals surface area contributed by atoms with Crippen molar-refractivity contribution in [2.24, 2.45) is 0 Å². The third kappa shape index (κ3) is 3.47. The number of carbonyl (C=O) groups excluding carboxylic acids is 2. The highest BCUT2D eigenvalue weighted by molar-refractivity contribution is 6.41. The van der Waals surface area contributed by atoms with Gasteiger partial charge in [-0.15, -0.1) is 0 Å². The highest BCUT2D eigenvalue weighted by Gasteiger charge is 2.22. The van der Waals surface area contributed by atoms with E-state index in [0.29, 0.717) is 11.3 Å². The molecule has 0 bridgehead atoms. The molecule has 3 heteroatoms. The van der Waals surface area contributed by atoms with Crippen LogP contribution < -0.4 is 4.74 Å². The van der Waals surface area contributed by atoms with Crippen LogP contribution in [-0.2, 0) is 4.79 Å². The van der Waals surface area contributed by atoms with E-state index in [2.05, 4.69) is 12.1 Å². The van der Waals surface area contributed by atoms with Crippen LogP contribution in [0.1, 0.15) is 10.4 Å². The summed E-state index contributed by atoms with van der Waals surface area (Å²) in [6.07, 6.45) is 0. The van der Waals surface area contributed by atoms with Crippen molar-refractivity contribution < 1.29 is 14.3 Å². The van der Waals surface area contributed by atoms with Crippen LogP contribution in [-0.4, -0.2) is 11.8 Å². The van der Waals surface area contributed by atoms with Gasteiger partial charge in [-0.05, 0) is 33.2 Å². The van der Waals surface area contributed by atoms with Crippen molar-refractivity contribution in [3.05, 3.63) is 115 Å². The molecule has 0 atom stereocenters. The van der Waals surface area contributed by atoms with Crippen molar-refractivity contribution in [3.63, 3.8) is 0 Å². The van der Waals surface area contributed by atoms with E-state index in [1.807, 2.05) is 60.7 Å². The Hall–Kier alpha value is -4.24. The Labute approximate surface area is 179 Å². The van der Waals surface area contributed by atoms with Gasteiger partial charge in [-0.1, -0.05) is 103 Å². The van der Waals surface area contributed by atoms with Crippen LogP contribution in [0.4, 0.5) is 0 Å². The second-order valence-corrected chi connectivity index (χ2v) is 7.27. The Morgan fingerprint density at radius 2 is 1.16 bits per heavy atom. The standard InChI is InChI=1S/C28H18O3/c29-27(21-11-2-1-3-12-21)28(30)31-25-18-17-20-10-5-7-15-23(20)26(25)24-16-8-13-19-9-4-6-14-22(19)24/h1-18H. The number of esters is 1. The Morgan fingerprint density at radius 3 is 1.94 bits per heavy atom. The molecule has 0 unspecified atom stereocenters. The molecule has 0 fully saturated rings. The van der Waals surface area contributed by atoms with Crippen molar-refractivity contribution in [1.29, 1.82) is 0 Å². The van der Waals surface area contributed by atoms with Crippen molar-refractivity contribution in [2.45, 2.75) is 0 Å². The Bertz CT molecular complexity index is 1430. The lowest BCUT2D eigenvalue weighted by atomic mass is 9.93. The molecule has 0 N–H and O–H groups in total. The molecule has 3 nitrogen and oxygen atoms in total. The first-order valence-corrected chi connectivity index (χ1v) is 10.0. The van der Waals surface area contributed by atoms with Gasteiger partial charge in [0.05, 0.1) is 0 Å². The van der Waals surface area contributed by atoms with E-state index in [0.717, 1.165) is 32.7 Å². The molecule has 148 valence electrons. The highest BCUT2D eigenvalue weighted by Crippen LogP contribution is 2.40. The van der Waals surface area contributed by atoms with Crippen LogP contribution in [0.2, 0.25) is 0 Å². The second kappa shape index (κ2) is 7.88. The van der Waals surface area contributed by atoms with Crippen LogP contribution in [0.3, 0.4) is 0 Å². The molecule has 0 aliphatic rings. The molecule has 0 spiro atoms. The molecule has 0 aliphatic heterocycles. The maximum atomic E-state index is 12.7. The molecule has 0 saturated heterocycles. The van der Waals surface area contributed by atoms with Crippen LogP contribution >= 0.6 is 0 Å². The second-order valence-electron chi connectivity index (χ2n) is 7.27. The van der Waals surface area contributed by atoms with E-state index in [1.165, 1.54) is 0 Å². The number of carbonyl (C=O) groups is 2. The molecule has 0 radical (unpaired) electrons. The van der Waals surface area contributed by atoms with Gasteiger partial charge in [0.2, 0.25) is 0 Å². The SMILES string of the molecule is O=C(Oc1ccc2ccccc2c1-c1cccc2ccccc12)C(=O)c1ccccc1. The van der Waals surface area contributed by atoms with Gasteiger partial charge < -0.3 is 4.74 Å². The zero-order valence-electron chi connectivity index (χ0n) is 16.6. The molecule has 0 saturated carbocycles. The lowest BCUT2D eigenvalue weighted by Gasteiger charge is -2.15. The lowest BCUT2D eigenvalue weighted by molar-refractivity contribution is -0.129. The molecule has 0 heterocycles. The Balaban J connectivity index is 1.68. The smallest absolute Gasteiger partial charge is 0.385 e. The van der Waals surface area contributed by atoms with E-state index >= 15 is 0 Å². The number of hydrogen-bond donors (Lipinski definition) is 0. The molecular weight excluding hydrogens is 384 g/mol. The van der Waals surface area contributed by atoms with Crippen LogP contribution in [0, 0.1) is 0 Å². The quantitative estimate of drug-likeness (QED) is 0.150. The van der Waals surface area contributed by atoms with Crippen molar-refractivity contribution in [2.75, 3.05) is 0 Å². The van der Waals surface area contributed by atoms with Gasteiger partial charge in [0.1, 0.15) is 5.75 Å². The highest BCUT2D eigenvalue weighted by atomic mass is 16.5. The number of fused-ring (bicyclic) bond motifs is 2. The monoisotopic (exact) mass is 402 g/mol. The van der Waals surface area contributed by atoms with Crippen LogP contribution in [0.15, 0.2) is 109 Å². The minimum Gasteiger partial charge on any atom is -0.420 e. The third-order valence-corrected chi connectivity index (χ3v) is 5.37. The van der Waals surface area contributed by atoms with Crippen LogP contribution in [0.25, 0.3) is 32.7 Å². The normalized spacial score (nSPS) is 10.8. The molecule has 5 aromatic rings. The minimum atomic E-state index is -0.900. The summed E-state index contributed by atoms with van der Waals surface area (Å²) in [5.41, 5.74) is 2.05. The molecule has 0 aliphatic carbocycles. The number of ether oxygens (including phenoxy) is 1. The summed E-state index contributed by atoms with van der Waals surface area (Å²) in [4.78, 5) is 25.3. The van der Waals surface area contributed by atoms with Gasteiger partial charge in [-0.25, -0.2) is 4.79 Å². The zero-order chi connectivity index (χ0) is 21.2.